The summed E-state index contributed by atoms with van der Waals surface area (Å²) in [5.74, 6) is 0.947. The lowest BCUT2D eigenvalue weighted by molar-refractivity contribution is -0.0760. The molecule has 8 nitrogen and oxygen atoms in total. The fraction of sp³-hybridized carbons (Fsp3) is 0.536. The number of halogens is 1. The minimum atomic E-state index is -0.897. The van der Waals surface area contributed by atoms with Gasteiger partial charge in [0, 0.05) is 38.7 Å². The second kappa shape index (κ2) is 11.9. The van der Waals surface area contributed by atoms with Gasteiger partial charge in [-0.2, -0.15) is 0 Å². The fourth-order valence-corrected chi connectivity index (χ4v) is 5.93. The van der Waals surface area contributed by atoms with Gasteiger partial charge in [0.05, 0.1) is 48.2 Å². The summed E-state index contributed by atoms with van der Waals surface area (Å²) in [6.45, 7) is 2.20. The second-order valence-electron chi connectivity index (χ2n) is 10.1. The summed E-state index contributed by atoms with van der Waals surface area (Å²) in [6.07, 6.45) is 4.32. The summed E-state index contributed by atoms with van der Waals surface area (Å²) in [4.78, 5) is 15.5. The van der Waals surface area contributed by atoms with Crippen molar-refractivity contribution in [3.05, 3.63) is 52.5 Å². The highest BCUT2D eigenvalue weighted by Gasteiger charge is 2.42. The van der Waals surface area contributed by atoms with Gasteiger partial charge in [0.2, 0.25) is 0 Å². The number of aliphatic hydroxyl groups is 1. The molecule has 0 bridgehead atoms. The Hall–Kier alpha value is -2.52. The number of methoxy groups -OCH3 is 3. The van der Waals surface area contributed by atoms with Crippen molar-refractivity contribution in [1.29, 1.82) is 0 Å². The molecule has 0 radical (unpaired) electrons. The maximum atomic E-state index is 13.1. The van der Waals surface area contributed by atoms with E-state index in [-0.39, 0.29) is 24.0 Å². The summed E-state index contributed by atoms with van der Waals surface area (Å²) >= 11 is 6.16. The molecule has 2 aromatic carbocycles. The van der Waals surface area contributed by atoms with E-state index in [4.69, 9.17) is 31.5 Å². The molecule has 0 spiro atoms. The molecule has 2 aromatic rings. The van der Waals surface area contributed by atoms with Gasteiger partial charge in [-0.3, -0.25) is 4.79 Å². The van der Waals surface area contributed by atoms with Gasteiger partial charge < -0.3 is 35.3 Å². The van der Waals surface area contributed by atoms with E-state index in [2.05, 4.69) is 10.2 Å². The summed E-state index contributed by atoms with van der Waals surface area (Å²) in [5, 5.41) is 15.3. The first-order valence-electron chi connectivity index (χ1n) is 12.8. The van der Waals surface area contributed by atoms with Gasteiger partial charge in [-0.1, -0.05) is 36.6 Å². The standard InChI is InChI=1S/C28H38ClN3O5/c1-35-20-9-6-8-18(13-20)28(34)11-5-4-7-19(28)16-32-12-10-24(26(17-32)37-3)31-27(33)21-14-22(29)23(30)15-25(21)36-2/h6,8-9,13-15,19,24,26,34H,4-5,7,10-12,16-17,30H2,1-3H3,(H,31,33)/t19-,24+,26-,28+/m1/s1. The van der Waals surface area contributed by atoms with Gasteiger partial charge in [0.1, 0.15) is 11.5 Å². The van der Waals surface area contributed by atoms with Crippen LogP contribution in [0.4, 0.5) is 5.69 Å². The van der Waals surface area contributed by atoms with Crippen LogP contribution in [0.1, 0.15) is 48.0 Å². The Morgan fingerprint density at radius 1 is 1.19 bits per heavy atom. The predicted molar refractivity (Wildman–Crippen MR) is 144 cm³/mol. The van der Waals surface area contributed by atoms with Crippen molar-refractivity contribution in [2.75, 3.05) is 46.7 Å². The molecule has 1 heterocycles. The number of amides is 1. The molecule has 0 unspecified atom stereocenters. The number of carbonyl (C=O) groups excluding carboxylic acids is 1. The number of ether oxygens (including phenoxy) is 3. The first-order valence-corrected chi connectivity index (χ1v) is 13.2. The number of benzene rings is 2. The summed E-state index contributed by atoms with van der Waals surface area (Å²) in [5.41, 5.74) is 6.57. The van der Waals surface area contributed by atoms with Crippen molar-refractivity contribution < 1.29 is 24.1 Å². The molecule has 1 aliphatic heterocycles. The minimum absolute atomic E-state index is 0.0955. The Balaban J connectivity index is 1.43. The van der Waals surface area contributed by atoms with Gasteiger partial charge >= 0.3 is 0 Å². The van der Waals surface area contributed by atoms with Crippen molar-refractivity contribution in [3.63, 3.8) is 0 Å². The number of nitrogens with one attached hydrogen (secondary N) is 1. The van der Waals surface area contributed by atoms with Crippen molar-refractivity contribution >= 4 is 23.2 Å². The van der Waals surface area contributed by atoms with Crippen LogP contribution in [0.5, 0.6) is 11.5 Å². The van der Waals surface area contributed by atoms with Crippen LogP contribution >= 0.6 is 11.6 Å². The third kappa shape index (κ3) is 5.98. The van der Waals surface area contributed by atoms with E-state index < -0.39 is 5.60 Å². The van der Waals surface area contributed by atoms with E-state index >= 15 is 0 Å². The average Bonchev–Trinajstić information content (AvgIpc) is 2.92. The summed E-state index contributed by atoms with van der Waals surface area (Å²) in [6, 6.07) is 10.7. The highest BCUT2D eigenvalue weighted by molar-refractivity contribution is 6.33. The number of piperidine rings is 1. The van der Waals surface area contributed by atoms with Crippen LogP contribution in [0.2, 0.25) is 5.02 Å². The smallest absolute Gasteiger partial charge is 0.255 e. The first kappa shape index (κ1) is 27.5. The van der Waals surface area contributed by atoms with Crippen LogP contribution in [0.15, 0.2) is 36.4 Å². The minimum Gasteiger partial charge on any atom is -0.497 e. The van der Waals surface area contributed by atoms with Crippen molar-refractivity contribution in [2.45, 2.75) is 49.9 Å². The molecule has 2 fully saturated rings. The molecule has 1 aliphatic carbocycles. The lowest BCUT2D eigenvalue weighted by Crippen LogP contribution is -2.56. The Bertz CT molecular complexity index is 1100. The van der Waals surface area contributed by atoms with Crippen molar-refractivity contribution in [1.82, 2.24) is 10.2 Å². The zero-order chi connectivity index (χ0) is 26.6. The number of carbonyl (C=O) groups is 1. The highest BCUT2D eigenvalue weighted by Crippen LogP contribution is 2.43. The van der Waals surface area contributed by atoms with E-state index in [9.17, 15) is 9.90 Å². The maximum Gasteiger partial charge on any atom is 0.255 e. The molecular formula is C28H38ClN3O5. The molecule has 202 valence electrons. The van der Waals surface area contributed by atoms with Crippen LogP contribution in [0.25, 0.3) is 0 Å². The van der Waals surface area contributed by atoms with Crippen LogP contribution in [-0.2, 0) is 10.3 Å². The van der Waals surface area contributed by atoms with Gasteiger partial charge in [-0.25, -0.2) is 0 Å². The topological polar surface area (TPSA) is 106 Å². The lowest BCUT2D eigenvalue weighted by atomic mass is 9.71. The molecule has 1 saturated heterocycles. The monoisotopic (exact) mass is 531 g/mol. The van der Waals surface area contributed by atoms with E-state index in [1.54, 1.807) is 20.3 Å². The Labute approximate surface area is 224 Å². The molecule has 0 aromatic heterocycles. The maximum absolute atomic E-state index is 13.1. The Morgan fingerprint density at radius 3 is 2.73 bits per heavy atom. The number of nitrogens with zero attached hydrogens (tertiary/aromatic N) is 1. The molecule has 9 heteroatoms. The first-order chi connectivity index (χ1) is 17.8. The van der Waals surface area contributed by atoms with E-state index in [1.807, 2.05) is 24.3 Å². The normalized spacial score (nSPS) is 26.5. The quantitative estimate of drug-likeness (QED) is 0.444. The molecule has 37 heavy (non-hydrogen) atoms. The third-order valence-electron chi connectivity index (χ3n) is 7.91. The number of nitrogen functional groups attached to an aromatic ring is 1. The number of likely N-dealkylation sites (tertiary alicyclic amines) is 1. The van der Waals surface area contributed by atoms with Gasteiger partial charge in [-0.05, 0) is 43.0 Å². The molecule has 1 saturated carbocycles. The third-order valence-corrected chi connectivity index (χ3v) is 8.24. The summed E-state index contributed by atoms with van der Waals surface area (Å²) in [7, 11) is 4.81. The Kier molecular flexibility index (Phi) is 8.85. The van der Waals surface area contributed by atoms with Crippen LogP contribution in [-0.4, -0.2) is 69.0 Å². The highest BCUT2D eigenvalue weighted by atomic mass is 35.5. The number of hydrogen-bond donors (Lipinski definition) is 3. The zero-order valence-electron chi connectivity index (χ0n) is 21.8. The zero-order valence-corrected chi connectivity index (χ0v) is 22.6. The molecule has 4 N–H and O–H groups in total. The van der Waals surface area contributed by atoms with E-state index in [0.29, 0.717) is 28.6 Å². The van der Waals surface area contributed by atoms with E-state index in [1.165, 1.54) is 13.2 Å². The lowest BCUT2D eigenvalue weighted by Gasteiger charge is -2.45. The SMILES string of the molecule is COc1cccc([C@@]2(O)CCCC[C@@H]2CN2CC[C@H](NC(=O)c3cc(Cl)c(N)cc3OC)[C@H](OC)C2)c1. The molecular weight excluding hydrogens is 494 g/mol. The summed E-state index contributed by atoms with van der Waals surface area (Å²) < 4.78 is 16.6. The molecule has 1 amide bonds. The van der Waals surface area contributed by atoms with Crippen LogP contribution in [0, 0.1) is 5.92 Å². The number of rotatable bonds is 8. The van der Waals surface area contributed by atoms with Crippen LogP contribution < -0.4 is 20.5 Å². The molecule has 2 aliphatic rings. The number of anilines is 1. The molecule has 4 atom stereocenters. The number of nitrogens with two attached hydrogens (primary N) is 1. The largest absolute Gasteiger partial charge is 0.497 e. The van der Waals surface area contributed by atoms with E-state index in [0.717, 1.165) is 56.5 Å². The van der Waals surface area contributed by atoms with Crippen LogP contribution in [0.3, 0.4) is 0 Å². The molecule has 4 rings (SSSR count). The Morgan fingerprint density at radius 2 is 2.00 bits per heavy atom. The fourth-order valence-electron chi connectivity index (χ4n) is 5.77. The second-order valence-corrected chi connectivity index (χ2v) is 10.5. The average molecular weight is 532 g/mol. The van der Waals surface area contributed by atoms with Gasteiger partial charge in [-0.15, -0.1) is 0 Å². The van der Waals surface area contributed by atoms with Gasteiger partial charge in [0.25, 0.3) is 5.91 Å². The van der Waals surface area contributed by atoms with Crippen molar-refractivity contribution in [3.8, 4) is 11.5 Å². The van der Waals surface area contributed by atoms with Gasteiger partial charge in [0.15, 0.2) is 0 Å². The predicted octanol–water partition coefficient (Wildman–Crippen LogP) is 3.84. The van der Waals surface area contributed by atoms with Crippen molar-refractivity contribution in [2.24, 2.45) is 5.92 Å². The number of hydrogen-bond acceptors (Lipinski definition) is 7.